The third-order valence-electron chi connectivity index (χ3n) is 6.05. The molecule has 2 heterocycles. The van der Waals surface area contributed by atoms with E-state index in [1.165, 1.54) is 18.3 Å². The van der Waals surface area contributed by atoms with Crippen LogP contribution in [0.5, 0.6) is 0 Å². The average Bonchev–Trinajstić information content (AvgIpc) is 3.28. The average molecular weight is 482 g/mol. The van der Waals surface area contributed by atoms with Crippen LogP contribution in [0.3, 0.4) is 0 Å². The van der Waals surface area contributed by atoms with E-state index in [-0.39, 0.29) is 11.2 Å². The molecule has 2 aromatic carbocycles. The zero-order valence-electron chi connectivity index (χ0n) is 21.0. The Balaban J connectivity index is 1.88. The fourth-order valence-electron chi connectivity index (χ4n) is 4.12. The smallest absolute Gasteiger partial charge is 0.148 e. The quantitative estimate of drug-likeness (QED) is 0.396. The molecule has 8 nitrogen and oxygen atoms in total. The monoisotopic (exact) mass is 482 g/mol. The van der Waals surface area contributed by atoms with E-state index >= 15 is 0 Å². The molecule has 3 aromatic rings. The number of nitrogens with zero attached hydrogens (tertiary/aromatic N) is 4. The second-order valence-corrected chi connectivity index (χ2v) is 10.3. The van der Waals surface area contributed by atoms with Gasteiger partial charge in [0.2, 0.25) is 0 Å². The molecule has 1 unspecified atom stereocenters. The lowest BCUT2D eigenvalue weighted by atomic mass is 9.69. The highest BCUT2D eigenvalue weighted by Crippen LogP contribution is 2.36. The van der Waals surface area contributed by atoms with Gasteiger partial charge < -0.3 is 16.1 Å². The molecule has 0 aliphatic carbocycles. The summed E-state index contributed by atoms with van der Waals surface area (Å²) in [6.07, 6.45) is 3.40. The zero-order valence-corrected chi connectivity index (χ0v) is 21.0. The molecule has 182 valence electrons. The number of hydrogen-bond acceptors (Lipinski definition) is 8. The Morgan fingerprint density at radius 2 is 1.81 bits per heavy atom. The molecule has 0 saturated heterocycles. The summed E-state index contributed by atoms with van der Waals surface area (Å²) in [6, 6.07) is 14.4. The molecular formula is C26H28BFN8. The van der Waals surface area contributed by atoms with E-state index in [0.29, 0.717) is 39.9 Å². The predicted octanol–water partition coefficient (Wildman–Crippen LogP) is 3.27. The SMILES string of the molecule is BC(Nc1cc(C#N)c2ncc(C#N)c(NCC(C)(C)C)c2c1)(C1=CN(C)NN1)c1ccc(F)cc1. The second kappa shape index (κ2) is 9.41. The molecule has 0 spiro atoms. The Morgan fingerprint density at radius 1 is 1.11 bits per heavy atom. The highest BCUT2D eigenvalue weighted by molar-refractivity contribution is 6.19. The number of hydrazine groups is 2. The molecule has 0 fully saturated rings. The van der Waals surface area contributed by atoms with Crippen molar-refractivity contribution in [2.75, 3.05) is 24.2 Å². The molecule has 0 amide bonds. The molecule has 1 aromatic heterocycles. The molecule has 4 rings (SSSR count). The lowest BCUT2D eigenvalue weighted by Crippen LogP contribution is -2.45. The molecule has 1 aliphatic heterocycles. The Labute approximate surface area is 211 Å². The summed E-state index contributed by atoms with van der Waals surface area (Å²) in [7, 11) is 3.83. The summed E-state index contributed by atoms with van der Waals surface area (Å²) >= 11 is 0. The summed E-state index contributed by atoms with van der Waals surface area (Å²) in [4.78, 5) is 4.43. The highest BCUT2D eigenvalue weighted by atomic mass is 19.1. The molecule has 0 bridgehead atoms. The molecule has 0 saturated carbocycles. The van der Waals surface area contributed by atoms with Crippen LogP contribution in [-0.2, 0) is 5.44 Å². The lowest BCUT2D eigenvalue weighted by Gasteiger charge is -2.34. The van der Waals surface area contributed by atoms with E-state index in [9.17, 15) is 14.9 Å². The number of pyridine rings is 1. The Morgan fingerprint density at radius 3 is 2.39 bits per heavy atom. The molecule has 10 heteroatoms. The maximum atomic E-state index is 13.7. The summed E-state index contributed by atoms with van der Waals surface area (Å²) in [5.74, 6) is -0.327. The number of hydrogen-bond donors (Lipinski definition) is 4. The van der Waals surface area contributed by atoms with E-state index in [0.717, 1.165) is 11.3 Å². The van der Waals surface area contributed by atoms with E-state index in [1.807, 2.05) is 27.2 Å². The number of halogens is 1. The predicted molar refractivity (Wildman–Crippen MR) is 141 cm³/mol. The molecule has 1 atom stereocenters. The molecule has 1 aliphatic rings. The van der Waals surface area contributed by atoms with Gasteiger partial charge >= 0.3 is 0 Å². The Bertz CT molecular complexity index is 1420. The largest absolute Gasteiger partial charge is 0.383 e. The third kappa shape index (κ3) is 4.90. The highest BCUT2D eigenvalue weighted by Gasteiger charge is 2.34. The van der Waals surface area contributed by atoms with Gasteiger partial charge in [-0.1, -0.05) is 32.9 Å². The topological polar surface area (TPSA) is 112 Å². The first-order valence-electron chi connectivity index (χ1n) is 11.6. The summed E-state index contributed by atoms with van der Waals surface area (Å²) in [5, 5.41) is 29.1. The van der Waals surface area contributed by atoms with Crippen molar-refractivity contribution in [3.05, 3.63) is 77.0 Å². The third-order valence-corrected chi connectivity index (χ3v) is 6.05. The Kier molecular flexibility index (Phi) is 6.49. The summed E-state index contributed by atoms with van der Waals surface area (Å²) in [5.41, 5.74) is 9.53. The van der Waals surface area contributed by atoms with Gasteiger partial charge in [0.15, 0.2) is 0 Å². The number of nitriles is 2. The van der Waals surface area contributed by atoms with Crippen LogP contribution >= 0.6 is 0 Å². The summed E-state index contributed by atoms with van der Waals surface area (Å²) in [6.45, 7) is 6.93. The van der Waals surface area contributed by atoms with Gasteiger partial charge in [-0.25, -0.2) is 4.39 Å². The number of fused-ring (bicyclic) bond motifs is 1. The normalized spacial score (nSPS) is 14.9. The number of nitrogens with one attached hydrogen (secondary N) is 4. The zero-order chi connectivity index (χ0) is 26.1. The van der Waals surface area contributed by atoms with Gasteiger partial charge in [0.1, 0.15) is 25.8 Å². The minimum Gasteiger partial charge on any atom is -0.383 e. The van der Waals surface area contributed by atoms with Crippen LogP contribution in [0.15, 0.2) is 54.5 Å². The van der Waals surface area contributed by atoms with Crippen molar-refractivity contribution in [3.63, 3.8) is 0 Å². The van der Waals surface area contributed by atoms with Crippen molar-refractivity contribution in [2.45, 2.75) is 26.2 Å². The second-order valence-electron chi connectivity index (χ2n) is 10.3. The van der Waals surface area contributed by atoms with Crippen LogP contribution in [0.1, 0.15) is 37.5 Å². The molecular weight excluding hydrogens is 454 g/mol. The van der Waals surface area contributed by atoms with E-state index in [2.05, 4.69) is 59.5 Å². The fourth-order valence-corrected chi connectivity index (χ4v) is 4.12. The maximum absolute atomic E-state index is 13.7. The number of benzene rings is 2. The number of aromatic nitrogens is 1. The van der Waals surface area contributed by atoms with Gasteiger partial charge in [-0.15, -0.1) is 5.53 Å². The van der Waals surface area contributed by atoms with E-state index < -0.39 is 5.44 Å². The standard InChI is InChI=1S/C26H28BFN8/c1-25(2,3)15-32-24-17(12-30)13-31-23-16(11-29)9-20(10-21(23)24)33-26(27,22-14-36(4)35-34-22)18-5-7-19(28)8-6-18/h5-10,13-14,33-35H,15,27H2,1-4H3,(H,31,32). The van der Waals surface area contributed by atoms with E-state index in [1.54, 1.807) is 23.2 Å². The van der Waals surface area contributed by atoms with Crippen molar-refractivity contribution < 1.29 is 4.39 Å². The van der Waals surface area contributed by atoms with Crippen molar-refractivity contribution in [1.82, 2.24) is 21.0 Å². The Hall–Kier alpha value is -4.28. The van der Waals surface area contributed by atoms with Crippen LogP contribution < -0.4 is 21.6 Å². The minimum atomic E-state index is -0.814. The van der Waals surface area contributed by atoms with E-state index in [4.69, 9.17) is 0 Å². The maximum Gasteiger partial charge on any atom is 0.148 e. The molecule has 36 heavy (non-hydrogen) atoms. The van der Waals surface area contributed by atoms with Gasteiger partial charge in [-0.3, -0.25) is 9.99 Å². The van der Waals surface area contributed by atoms with Crippen molar-refractivity contribution in [2.24, 2.45) is 5.41 Å². The van der Waals surface area contributed by atoms with Crippen molar-refractivity contribution in [3.8, 4) is 12.1 Å². The first kappa shape index (κ1) is 24.8. The van der Waals surface area contributed by atoms with Gasteiger partial charge in [0.05, 0.1) is 33.5 Å². The first-order valence-corrected chi connectivity index (χ1v) is 11.6. The van der Waals surface area contributed by atoms with Gasteiger partial charge in [-0.05, 0) is 35.2 Å². The van der Waals surface area contributed by atoms with Gasteiger partial charge in [-0.2, -0.15) is 10.5 Å². The fraction of sp³-hybridized carbons (Fsp3) is 0.269. The van der Waals surface area contributed by atoms with Crippen molar-refractivity contribution in [1.29, 1.82) is 10.5 Å². The number of anilines is 2. The molecule has 0 radical (unpaired) electrons. The minimum absolute atomic E-state index is 0.0307. The van der Waals surface area contributed by atoms with Crippen LogP contribution in [-0.4, -0.2) is 31.4 Å². The van der Waals surface area contributed by atoms with Gasteiger partial charge in [0, 0.05) is 37.1 Å². The van der Waals surface area contributed by atoms with Crippen LogP contribution in [0.25, 0.3) is 10.9 Å². The van der Waals surface area contributed by atoms with Crippen LogP contribution in [0, 0.1) is 33.9 Å². The van der Waals surface area contributed by atoms with Crippen molar-refractivity contribution >= 4 is 30.1 Å². The first-order chi connectivity index (χ1) is 17.0. The van der Waals surface area contributed by atoms with Gasteiger partial charge in [0.25, 0.3) is 0 Å². The van der Waals surface area contributed by atoms with Crippen LogP contribution in [0.2, 0.25) is 0 Å². The summed E-state index contributed by atoms with van der Waals surface area (Å²) < 4.78 is 13.7. The van der Waals surface area contributed by atoms with Crippen LogP contribution in [0.4, 0.5) is 15.8 Å². The number of rotatable bonds is 6. The lowest BCUT2D eigenvalue weighted by molar-refractivity contribution is 0.325. The molecule has 4 N–H and O–H groups in total.